The number of halogens is 1. The fourth-order valence-electron chi connectivity index (χ4n) is 1.86. The first kappa shape index (κ1) is 12.7. The molecule has 1 aromatic carbocycles. The predicted octanol–water partition coefficient (Wildman–Crippen LogP) is 1.31. The van der Waals surface area contributed by atoms with E-state index < -0.39 is 5.91 Å². The SMILES string of the molecule is NC(=O)c1nnc2c(Cl)cccc2c1CCCO. The number of aromatic nitrogens is 2. The minimum Gasteiger partial charge on any atom is -0.396 e. The van der Waals surface area contributed by atoms with Gasteiger partial charge in [-0.25, -0.2) is 0 Å². The molecule has 18 heavy (non-hydrogen) atoms. The second kappa shape index (κ2) is 5.29. The van der Waals surface area contributed by atoms with E-state index in [-0.39, 0.29) is 12.3 Å². The average Bonchev–Trinajstić information content (AvgIpc) is 2.36. The highest BCUT2D eigenvalue weighted by molar-refractivity contribution is 6.35. The highest BCUT2D eigenvalue weighted by Gasteiger charge is 2.15. The van der Waals surface area contributed by atoms with Crippen LogP contribution >= 0.6 is 11.6 Å². The van der Waals surface area contributed by atoms with Crippen molar-refractivity contribution in [3.05, 3.63) is 34.5 Å². The quantitative estimate of drug-likeness (QED) is 0.872. The molecule has 0 aliphatic carbocycles. The predicted molar refractivity (Wildman–Crippen MR) is 68.5 cm³/mol. The molecule has 1 amide bonds. The molecule has 1 heterocycles. The number of carbonyl (C=O) groups is 1. The van der Waals surface area contributed by atoms with E-state index >= 15 is 0 Å². The lowest BCUT2D eigenvalue weighted by molar-refractivity contribution is 0.0993. The minimum atomic E-state index is -0.627. The number of aliphatic hydroxyl groups excluding tert-OH is 1. The molecule has 5 nitrogen and oxygen atoms in total. The van der Waals surface area contributed by atoms with Crippen LogP contribution in [0.3, 0.4) is 0 Å². The van der Waals surface area contributed by atoms with Crippen LogP contribution < -0.4 is 5.73 Å². The van der Waals surface area contributed by atoms with Crippen LogP contribution in [0.1, 0.15) is 22.5 Å². The Balaban J connectivity index is 2.68. The molecule has 0 atom stereocenters. The van der Waals surface area contributed by atoms with Crippen LogP contribution in [0, 0.1) is 0 Å². The van der Waals surface area contributed by atoms with Gasteiger partial charge in [0.05, 0.1) is 5.02 Å². The number of benzene rings is 1. The fraction of sp³-hybridized carbons (Fsp3) is 0.250. The monoisotopic (exact) mass is 265 g/mol. The number of fused-ring (bicyclic) bond motifs is 1. The summed E-state index contributed by atoms with van der Waals surface area (Å²) in [5.41, 5.74) is 6.64. The van der Waals surface area contributed by atoms with E-state index in [4.69, 9.17) is 22.4 Å². The Labute approximate surface area is 109 Å². The molecule has 1 aromatic heterocycles. The van der Waals surface area contributed by atoms with E-state index in [0.29, 0.717) is 28.9 Å². The van der Waals surface area contributed by atoms with Gasteiger partial charge in [0.25, 0.3) is 5.91 Å². The van der Waals surface area contributed by atoms with Crippen LogP contribution in [-0.4, -0.2) is 27.8 Å². The molecule has 2 rings (SSSR count). The van der Waals surface area contributed by atoms with Crippen LogP contribution in [0.2, 0.25) is 5.02 Å². The number of aliphatic hydroxyl groups is 1. The maximum absolute atomic E-state index is 11.3. The Morgan fingerprint density at radius 3 is 2.83 bits per heavy atom. The van der Waals surface area contributed by atoms with E-state index in [9.17, 15) is 4.79 Å². The van der Waals surface area contributed by atoms with Crippen LogP contribution in [0.25, 0.3) is 10.9 Å². The number of hydrogen-bond acceptors (Lipinski definition) is 4. The van der Waals surface area contributed by atoms with Gasteiger partial charge in [-0.3, -0.25) is 4.79 Å². The number of hydrogen-bond donors (Lipinski definition) is 2. The van der Waals surface area contributed by atoms with Gasteiger partial charge < -0.3 is 10.8 Å². The van der Waals surface area contributed by atoms with E-state index in [1.54, 1.807) is 12.1 Å². The number of carbonyl (C=O) groups excluding carboxylic acids is 1. The molecular weight excluding hydrogens is 254 g/mol. The zero-order valence-electron chi connectivity index (χ0n) is 9.56. The average molecular weight is 266 g/mol. The van der Waals surface area contributed by atoms with Gasteiger partial charge in [-0.15, -0.1) is 10.2 Å². The van der Waals surface area contributed by atoms with Gasteiger partial charge in [-0.1, -0.05) is 23.7 Å². The van der Waals surface area contributed by atoms with Crippen molar-refractivity contribution < 1.29 is 9.90 Å². The van der Waals surface area contributed by atoms with Crippen molar-refractivity contribution in [3.8, 4) is 0 Å². The van der Waals surface area contributed by atoms with Crippen molar-refractivity contribution in [1.29, 1.82) is 0 Å². The molecule has 0 spiro atoms. The molecule has 0 saturated heterocycles. The number of amides is 1. The third-order valence-electron chi connectivity index (χ3n) is 2.67. The summed E-state index contributed by atoms with van der Waals surface area (Å²) in [5.74, 6) is -0.627. The molecule has 0 unspecified atom stereocenters. The number of aryl methyl sites for hydroxylation is 1. The first-order valence-corrected chi connectivity index (χ1v) is 5.87. The Kier molecular flexibility index (Phi) is 3.74. The molecule has 0 radical (unpaired) electrons. The summed E-state index contributed by atoms with van der Waals surface area (Å²) in [6.07, 6.45) is 1.02. The van der Waals surface area contributed by atoms with Crippen LogP contribution in [0.5, 0.6) is 0 Å². The zero-order chi connectivity index (χ0) is 13.1. The highest BCUT2D eigenvalue weighted by Crippen LogP contribution is 2.25. The van der Waals surface area contributed by atoms with Crippen molar-refractivity contribution in [2.75, 3.05) is 6.61 Å². The summed E-state index contributed by atoms with van der Waals surface area (Å²) in [4.78, 5) is 11.3. The van der Waals surface area contributed by atoms with Gasteiger partial charge >= 0.3 is 0 Å². The molecule has 0 bridgehead atoms. The van der Waals surface area contributed by atoms with Crippen molar-refractivity contribution in [2.45, 2.75) is 12.8 Å². The van der Waals surface area contributed by atoms with E-state index in [0.717, 1.165) is 5.39 Å². The molecule has 0 fully saturated rings. The maximum Gasteiger partial charge on any atom is 0.269 e. The van der Waals surface area contributed by atoms with Crippen LogP contribution in [-0.2, 0) is 6.42 Å². The van der Waals surface area contributed by atoms with Crippen molar-refractivity contribution in [3.63, 3.8) is 0 Å². The topological polar surface area (TPSA) is 89.1 Å². The standard InChI is InChI=1S/C12H12ClN3O2/c13-9-5-1-3-7-8(4-2-6-17)11(12(14)18)16-15-10(7)9/h1,3,5,17H,2,4,6H2,(H2,14,18). The summed E-state index contributed by atoms with van der Waals surface area (Å²) >= 11 is 6.03. The highest BCUT2D eigenvalue weighted by atomic mass is 35.5. The molecule has 2 aromatic rings. The second-order valence-corrected chi connectivity index (χ2v) is 4.26. The van der Waals surface area contributed by atoms with Crippen LogP contribution in [0.4, 0.5) is 0 Å². The Morgan fingerprint density at radius 1 is 1.39 bits per heavy atom. The molecule has 0 aliphatic heterocycles. The van der Waals surface area contributed by atoms with Crippen LogP contribution in [0.15, 0.2) is 18.2 Å². The summed E-state index contributed by atoms with van der Waals surface area (Å²) < 4.78 is 0. The Hall–Kier alpha value is -1.72. The van der Waals surface area contributed by atoms with Crippen molar-refractivity contribution >= 4 is 28.4 Å². The summed E-state index contributed by atoms with van der Waals surface area (Å²) in [6, 6.07) is 5.30. The number of nitrogens with two attached hydrogens (primary N) is 1. The summed E-state index contributed by atoms with van der Waals surface area (Å²) in [6.45, 7) is 0.0303. The number of rotatable bonds is 4. The third-order valence-corrected chi connectivity index (χ3v) is 2.97. The Morgan fingerprint density at radius 2 is 2.17 bits per heavy atom. The normalized spacial score (nSPS) is 10.8. The number of primary amides is 1. The van der Waals surface area contributed by atoms with Gasteiger partial charge in [0.15, 0.2) is 5.69 Å². The molecule has 0 aliphatic rings. The zero-order valence-corrected chi connectivity index (χ0v) is 10.3. The first-order chi connectivity index (χ1) is 8.65. The third kappa shape index (κ3) is 2.27. The molecule has 6 heteroatoms. The first-order valence-electron chi connectivity index (χ1n) is 5.49. The fourth-order valence-corrected chi connectivity index (χ4v) is 2.07. The number of nitrogens with zero attached hydrogens (tertiary/aromatic N) is 2. The van der Waals surface area contributed by atoms with Gasteiger partial charge in [0, 0.05) is 12.0 Å². The summed E-state index contributed by atoms with van der Waals surface area (Å²) in [5, 5.41) is 17.9. The lowest BCUT2D eigenvalue weighted by Crippen LogP contribution is -2.17. The molecule has 94 valence electrons. The minimum absolute atomic E-state index is 0.0303. The van der Waals surface area contributed by atoms with Gasteiger partial charge in [-0.2, -0.15) is 0 Å². The van der Waals surface area contributed by atoms with Gasteiger partial charge in [0.2, 0.25) is 0 Å². The van der Waals surface area contributed by atoms with Gasteiger partial charge in [-0.05, 0) is 24.5 Å². The van der Waals surface area contributed by atoms with Crippen molar-refractivity contribution in [1.82, 2.24) is 10.2 Å². The lowest BCUT2D eigenvalue weighted by Gasteiger charge is -2.09. The lowest BCUT2D eigenvalue weighted by atomic mass is 10.0. The Bertz CT molecular complexity index is 601. The van der Waals surface area contributed by atoms with E-state index in [1.165, 1.54) is 0 Å². The van der Waals surface area contributed by atoms with Gasteiger partial charge in [0.1, 0.15) is 5.52 Å². The van der Waals surface area contributed by atoms with Crippen molar-refractivity contribution in [2.24, 2.45) is 5.73 Å². The second-order valence-electron chi connectivity index (χ2n) is 3.85. The summed E-state index contributed by atoms with van der Waals surface area (Å²) in [7, 11) is 0. The van der Waals surface area contributed by atoms with E-state index in [2.05, 4.69) is 10.2 Å². The van der Waals surface area contributed by atoms with E-state index in [1.807, 2.05) is 6.07 Å². The molecule has 0 saturated carbocycles. The molecule has 3 N–H and O–H groups in total. The maximum atomic E-state index is 11.3. The smallest absolute Gasteiger partial charge is 0.269 e. The molecular formula is C12H12ClN3O2. The largest absolute Gasteiger partial charge is 0.396 e.